The summed E-state index contributed by atoms with van der Waals surface area (Å²) in [5.74, 6) is -0.240. The number of halogens is 2. The molecule has 0 saturated heterocycles. The summed E-state index contributed by atoms with van der Waals surface area (Å²) in [4.78, 5) is 0. The van der Waals surface area contributed by atoms with E-state index in [-0.39, 0.29) is 18.0 Å². The topological polar surface area (TPSA) is 32.3 Å². The summed E-state index contributed by atoms with van der Waals surface area (Å²) in [6.45, 7) is 0.603. The maximum atomic E-state index is 13.4. The molecule has 1 aromatic carbocycles. The predicted molar refractivity (Wildman–Crippen MR) is 73.8 cm³/mol. The van der Waals surface area contributed by atoms with Crippen LogP contribution in [0.1, 0.15) is 37.7 Å². The molecule has 18 heavy (non-hydrogen) atoms. The van der Waals surface area contributed by atoms with Crippen molar-refractivity contribution in [2.75, 3.05) is 0 Å². The van der Waals surface area contributed by atoms with Gasteiger partial charge in [0.1, 0.15) is 5.82 Å². The lowest BCUT2D eigenvalue weighted by atomic mass is 10.1. The Morgan fingerprint density at radius 3 is 2.83 bits per heavy atom. The van der Waals surface area contributed by atoms with Gasteiger partial charge in [-0.15, -0.1) is 0 Å². The van der Waals surface area contributed by atoms with Gasteiger partial charge < -0.3 is 10.4 Å². The fraction of sp³-hybridized carbons (Fsp3) is 0.571. The van der Waals surface area contributed by atoms with E-state index in [1.54, 1.807) is 6.07 Å². The Morgan fingerprint density at radius 1 is 1.28 bits per heavy atom. The third kappa shape index (κ3) is 3.77. The monoisotopic (exact) mass is 315 g/mol. The zero-order valence-corrected chi connectivity index (χ0v) is 11.9. The smallest absolute Gasteiger partial charge is 0.137 e. The molecule has 0 aliphatic heterocycles. The van der Waals surface area contributed by atoms with Crippen molar-refractivity contribution in [3.05, 3.63) is 34.1 Å². The van der Waals surface area contributed by atoms with Gasteiger partial charge in [0.15, 0.2) is 0 Å². The van der Waals surface area contributed by atoms with Crippen LogP contribution in [0.15, 0.2) is 22.7 Å². The van der Waals surface area contributed by atoms with Crippen molar-refractivity contribution >= 4 is 15.9 Å². The molecule has 2 rings (SSSR count). The van der Waals surface area contributed by atoms with Crippen LogP contribution >= 0.6 is 15.9 Å². The molecule has 0 amide bonds. The summed E-state index contributed by atoms with van der Waals surface area (Å²) in [5.41, 5.74) is 0.909. The maximum absolute atomic E-state index is 13.4. The lowest BCUT2D eigenvalue weighted by molar-refractivity contribution is 0.119. The molecule has 0 heterocycles. The quantitative estimate of drug-likeness (QED) is 0.838. The molecule has 2 nitrogen and oxygen atoms in total. The highest BCUT2D eigenvalue weighted by molar-refractivity contribution is 9.10. The molecule has 2 N–H and O–H groups in total. The normalized spacial score (nSPS) is 24.8. The Kier molecular flexibility index (Phi) is 5.15. The first-order valence-electron chi connectivity index (χ1n) is 6.52. The number of benzene rings is 1. The van der Waals surface area contributed by atoms with Crippen LogP contribution in [0.25, 0.3) is 0 Å². The first-order chi connectivity index (χ1) is 8.66. The van der Waals surface area contributed by atoms with E-state index >= 15 is 0 Å². The molecule has 0 radical (unpaired) electrons. The summed E-state index contributed by atoms with van der Waals surface area (Å²) in [7, 11) is 0. The number of hydrogen-bond acceptors (Lipinski definition) is 2. The van der Waals surface area contributed by atoms with Gasteiger partial charge in [-0.2, -0.15) is 0 Å². The van der Waals surface area contributed by atoms with E-state index in [1.165, 1.54) is 12.5 Å². The van der Waals surface area contributed by atoms with Crippen LogP contribution in [-0.2, 0) is 6.54 Å². The van der Waals surface area contributed by atoms with Crippen molar-refractivity contribution in [3.8, 4) is 0 Å². The van der Waals surface area contributed by atoms with Gasteiger partial charge in [0, 0.05) is 12.6 Å². The Morgan fingerprint density at radius 2 is 2.06 bits per heavy atom. The van der Waals surface area contributed by atoms with E-state index in [0.29, 0.717) is 11.0 Å². The third-order valence-electron chi connectivity index (χ3n) is 3.53. The molecule has 1 aliphatic carbocycles. The van der Waals surface area contributed by atoms with Gasteiger partial charge in [0.2, 0.25) is 0 Å². The Labute approximate surface area is 116 Å². The number of rotatable bonds is 3. The molecule has 4 heteroatoms. The highest BCUT2D eigenvalue weighted by Gasteiger charge is 2.20. The van der Waals surface area contributed by atoms with E-state index < -0.39 is 0 Å². The molecule has 0 bridgehead atoms. The fourth-order valence-electron chi connectivity index (χ4n) is 2.42. The van der Waals surface area contributed by atoms with Crippen LogP contribution in [-0.4, -0.2) is 17.3 Å². The third-order valence-corrected chi connectivity index (χ3v) is 4.17. The minimum Gasteiger partial charge on any atom is -0.392 e. The zero-order valence-electron chi connectivity index (χ0n) is 10.3. The predicted octanol–water partition coefficient (Wildman–Crippen LogP) is 3.37. The Hall–Kier alpha value is -0.450. The van der Waals surface area contributed by atoms with Gasteiger partial charge in [-0.05, 0) is 46.5 Å². The number of hydrogen-bond donors (Lipinski definition) is 2. The van der Waals surface area contributed by atoms with Crippen LogP contribution in [0.5, 0.6) is 0 Å². The minimum absolute atomic E-state index is 0.138. The highest BCUT2D eigenvalue weighted by Crippen LogP contribution is 2.19. The van der Waals surface area contributed by atoms with E-state index in [9.17, 15) is 9.50 Å². The standard InChI is InChI=1S/C14H19BrFNO/c15-11-7-6-10(8-12(11)16)9-17-13-4-2-1-3-5-14(13)18/h6-8,13-14,17-18H,1-5,9H2. The Balaban J connectivity index is 1.91. The maximum Gasteiger partial charge on any atom is 0.137 e. The van der Waals surface area contributed by atoms with Crippen LogP contribution in [0.3, 0.4) is 0 Å². The van der Waals surface area contributed by atoms with Crippen molar-refractivity contribution < 1.29 is 9.50 Å². The second-order valence-electron chi connectivity index (χ2n) is 4.94. The molecule has 1 saturated carbocycles. The summed E-state index contributed by atoms with van der Waals surface area (Å²) >= 11 is 3.14. The van der Waals surface area contributed by atoms with Gasteiger partial charge in [0.05, 0.1) is 10.6 Å². The van der Waals surface area contributed by atoms with Crippen molar-refractivity contribution in [2.45, 2.75) is 50.8 Å². The van der Waals surface area contributed by atoms with Gasteiger partial charge in [-0.25, -0.2) is 4.39 Å². The molecule has 1 aliphatic rings. The van der Waals surface area contributed by atoms with Crippen molar-refractivity contribution in [1.29, 1.82) is 0 Å². The molecule has 0 aromatic heterocycles. The second-order valence-corrected chi connectivity index (χ2v) is 5.80. The van der Waals surface area contributed by atoms with Crippen LogP contribution in [0.2, 0.25) is 0 Å². The van der Waals surface area contributed by atoms with E-state index in [1.807, 2.05) is 6.07 Å². The largest absolute Gasteiger partial charge is 0.392 e. The number of aliphatic hydroxyl groups excluding tert-OH is 1. The fourth-order valence-corrected chi connectivity index (χ4v) is 2.67. The summed E-state index contributed by atoms with van der Waals surface area (Å²) < 4.78 is 13.8. The lowest BCUT2D eigenvalue weighted by Gasteiger charge is -2.21. The van der Waals surface area contributed by atoms with Gasteiger partial charge in [-0.1, -0.05) is 25.3 Å². The number of aliphatic hydroxyl groups is 1. The van der Waals surface area contributed by atoms with Crippen molar-refractivity contribution in [3.63, 3.8) is 0 Å². The average Bonchev–Trinajstić information content (AvgIpc) is 2.56. The second kappa shape index (κ2) is 6.64. The summed E-state index contributed by atoms with van der Waals surface area (Å²) in [5, 5.41) is 13.3. The van der Waals surface area contributed by atoms with Gasteiger partial charge in [0.25, 0.3) is 0 Å². The first kappa shape index (κ1) is 14.0. The summed E-state index contributed by atoms with van der Waals surface area (Å²) in [6.07, 6.45) is 5.05. The summed E-state index contributed by atoms with van der Waals surface area (Å²) in [6, 6.07) is 5.28. The van der Waals surface area contributed by atoms with Crippen LogP contribution in [0, 0.1) is 5.82 Å². The molecular formula is C14H19BrFNO. The Bertz CT molecular complexity index is 399. The number of nitrogens with one attached hydrogen (secondary N) is 1. The molecule has 1 aromatic rings. The van der Waals surface area contributed by atoms with Crippen molar-refractivity contribution in [2.24, 2.45) is 0 Å². The van der Waals surface area contributed by atoms with Gasteiger partial charge >= 0.3 is 0 Å². The van der Waals surface area contributed by atoms with Crippen LogP contribution in [0.4, 0.5) is 4.39 Å². The zero-order chi connectivity index (χ0) is 13.0. The lowest BCUT2D eigenvalue weighted by Crippen LogP contribution is -2.38. The van der Waals surface area contributed by atoms with E-state index in [2.05, 4.69) is 21.2 Å². The van der Waals surface area contributed by atoms with Crippen molar-refractivity contribution in [1.82, 2.24) is 5.32 Å². The highest BCUT2D eigenvalue weighted by atomic mass is 79.9. The molecular weight excluding hydrogens is 297 g/mol. The molecule has 0 spiro atoms. The van der Waals surface area contributed by atoms with Gasteiger partial charge in [-0.3, -0.25) is 0 Å². The average molecular weight is 316 g/mol. The first-order valence-corrected chi connectivity index (χ1v) is 7.31. The molecule has 2 unspecified atom stereocenters. The minimum atomic E-state index is -0.271. The molecule has 2 atom stereocenters. The van der Waals surface area contributed by atoms with E-state index in [0.717, 1.165) is 31.2 Å². The SMILES string of the molecule is OC1CCCCCC1NCc1ccc(Br)c(F)c1. The molecule has 1 fully saturated rings. The van der Waals surface area contributed by atoms with E-state index in [4.69, 9.17) is 0 Å². The van der Waals surface area contributed by atoms with Crippen LogP contribution < -0.4 is 5.32 Å². The molecule has 100 valence electrons.